The van der Waals surface area contributed by atoms with Crippen LogP contribution >= 0.6 is 11.8 Å². The van der Waals surface area contributed by atoms with E-state index in [9.17, 15) is 0 Å². The average molecular weight is 219 g/mol. The number of anilines is 1. The Morgan fingerprint density at radius 2 is 1.93 bits per heavy atom. The zero-order chi connectivity index (χ0) is 10.7. The molecule has 15 heavy (non-hydrogen) atoms. The molecule has 0 aliphatic carbocycles. The van der Waals surface area contributed by atoms with Crippen LogP contribution in [0.25, 0.3) is 10.8 Å². The number of aliphatic hydroxyl groups is 1. The van der Waals surface area contributed by atoms with Crippen molar-refractivity contribution in [1.29, 1.82) is 0 Å². The van der Waals surface area contributed by atoms with Crippen molar-refractivity contribution >= 4 is 28.2 Å². The third kappa shape index (κ3) is 2.08. The van der Waals surface area contributed by atoms with Gasteiger partial charge in [0.25, 0.3) is 0 Å². The number of hydrogen-bond donors (Lipinski definition) is 2. The first-order valence-electron chi connectivity index (χ1n) is 4.84. The van der Waals surface area contributed by atoms with Gasteiger partial charge in [-0.15, -0.1) is 11.8 Å². The first-order valence-corrected chi connectivity index (χ1v) is 5.82. The second-order valence-electron chi connectivity index (χ2n) is 3.28. The maximum absolute atomic E-state index is 8.83. The molecule has 3 N–H and O–H groups in total. The lowest BCUT2D eigenvalue weighted by Gasteiger charge is -2.08. The minimum Gasteiger partial charge on any atom is -0.398 e. The van der Waals surface area contributed by atoms with Gasteiger partial charge in [-0.1, -0.05) is 30.3 Å². The Bertz CT molecular complexity index is 470. The van der Waals surface area contributed by atoms with Crippen molar-refractivity contribution in [3.05, 3.63) is 36.4 Å². The number of fused-ring (bicyclic) bond motifs is 1. The highest BCUT2D eigenvalue weighted by atomic mass is 32.2. The van der Waals surface area contributed by atoms with Crippen molar-refractivity contribution in [1.82, 2.24) is 0 Å². The summed E-state index contributed by atoms with van der Waals surface area (Å²) in [5.74, 6) is 0.679. The fourth-order valence-electron chi connectivity index (χ4n) is 1.57. The number of nitrogens with two attached hydrogens (primary N) is 1. The number of thioether (sulfide) groups is 1. The third-order valence-electron chi connectivity index (χ3n) is 2.25. The predicted molar refractivity (Wildman–Crippen MR) is 66.2 cm³/mol. The summed E-state index contributed by atoms with van der Waals surface area (Å²) in [5, 5.41) is 11.2. The minimum absolute atomic E-state index is 0.174. The lowest BCUT2D eigenvalue weighted by Crippen LogP contribution is -1.92. The zero-order valence-electron chi connectivity index (χ0n) is 8.31. The molecule has 0 heterocycles. The molecule has 0 amide bonds. The van der Waals surface area contributed by atoms with Crippen molar-refractivity contribution in [2.24, 2.45) is 0 Å². The van der Waals surface area contributed by atoms with Crippen LogP contribution in [0.15, 0.2) is 41.3 Å². The number of nitrogen functional groups attached to an aromatic ring is 1. The van der Waals surface area contributed by atoms with Gasteiger partial charge < -0.3 is 10.8 Å². The van der Waals surface area contributed by atoms with Crippen LogP contribution in [0.4, 0.5) is 5.69 Å². The summed E-state index contributed by atoms with van der Waals surface area (Å²) in [6.07, 6.45) is 0. The smallest absolute Gasteiger partial charge is 0.0525 e. The summed E-state index contributed by atoms with van der Waals surface area (Å²) in [6.45, 7) is 0.174. The fraction of sp³-hybridized carbons (Fsp3) is 0.167. The van der Waals surface area contributed by atoms with E-state index in [1.807, 2.05) is 24.3 Å². The number of aliphatic hydroxyl groups excluding tert-OH is 1. The van der Waals surface area contributed by atoms with Crippen LogP contribution in [0, 0.1) is 0 Å². The molecule has 3 heteroatoms. The molecule has 0 saturated heterocycles. The molecule has 0 radical (unpaired) electrons. The Morgan fingerprint density at radius 3 is 2.73 bits per heavy atom. The lowest BCUT2D eigenvalue weighted by molar-refractivity contribution is 0.322. The van der Waals surface area contributed by atoms with E-state index in [2.05, 4.69) is 12.1 Å². The Balaban J connectivity index is 2.53. The molecular formula is C12H13NOS. The summed E-state index contributed by atoms with van der Waals surface area (Å²) < 4.78 is 0. The first kappa shape index (κ1) is 10.3. The third-order valence-corrected chi connectivity index (χ3v) is 3.38. The molecule has 2 aromatic rings. The Labute approximate surface area is 93.1 Å². The van der Waals surface area contributed by atoms with E-state index in [0.29, 0.717) is 5.75 Å². The quantitative estimate of drug-likeness (QED) is 0.616. The summed E-state index contributed by atoms with van der Waals surface area (Å²) in [6, 6.07) is 12.1. The number of benzene rings is 2. The molecule has 0 fully saturated rings. The maximum Gasteiger partial charge on any atom is 0.0525 e. The first-order chi connectivity index (χ1) is 7.33. The van der Waals surface area contributed by atoms with Gasteiger partial charge in [-0.3, -0.25) is 0 Å². The van der Waals surface area contributed by atoms with Gasteiger partial charge in [0.05, 0.1) is 6.61 Å². The standard InChI is InChI=1S/C12H13NOS/c13-11-6-5-9-3-1-2-4-10(9)12(11)15-8-7-14/h1-6,14H,7-8,13H2. The average Bonchev–Trinajstić information content (AvgIpc) is 2.28. The van der Waals surface area contributed by atoms with E-state index >= 15 is 0 Å². The molecule has 0 aromatic heterocycles. The van der Waals surface area contributed by atoms with Crippen molar-refractivity contribution in [3.63, 3.8) is 0 Å². The van der Waals surface area contributed by atoms with Crippen molar-refractivity contribution in [2.45, 2.75) is 4.90 Å². The van der Waals surface area contributed by atoms with Gasteiger partial charge in [0.2, 0.25) is 0 Å². The Hall–Kier alpha value is -1.19. The molecule has 2 nitrogen and oxygen atoms in total. The van der Waals surface area contributed by atoms with Crippen LogP contribution < -0.4 is 5.73 Å². The van der Waals surface area contributed by atoms with Crippen molar-refractivity contribution in [3.8, 4) is 0 Å². The molecular weight excluding hydrogens is 206 g/mol. The lowest BCUT2D eigenvalue weighted by atomic mass is 10.1. The largest absolute Gasteiger partial charge is 0.398 e. The summed E-state index contributed by atoms with van der Waals surface area (Å²) in [5.41, 5.74) is 6.71. The summed E-state index contributed by atoms with van der Waals surface area (Å²) >= 11 is 1.60. The second-order valence-corrected chi connectivity index (χ2v) is 4.38. The van der Waals surface area contributed by atoms with Crippen LogP contribution in [0.5, 0.6) is 0 Å². The highest BCUT2D eigenvalue weighted by Crippen LogP contribution is 2.32. The highest BCUT2D eigenvalue weighted by Gasteiger charge is 2.04. The monoisotopic (exact) mass is 219 g/mol. The maximum atomic E-state index is 8.83. The number of rotatable bonds is 3. The van der Waals surface area contributed by atoms with Gasteiger partial charge in [0.1, 0.15) is 0 Å². The van der Waals surface area contributed by atoms with Crippen molar-refractivity contribution < 1.29 is 5.11 Å². The van der Waals surface area contributed by atoms with E-state index < -0.39 is 0 Å². The van der Waals surface area contributed by atoms with Crippen molar-refractivity contribution in [2.75, 3.05) is 18.1 Å². The second kappa shape index (κ2) is 4.55. The zero-order valence-corrected chi connectivity index (χ0v) is 9.13. The topological polar surface area (TPSA) is 46.2 Å². The van der Waals surface area contributed by atoms with Crippen LogP contribution in [0.1, 0.15) is 0 Å². The molecule has 0 spiro atoms. The van der Waals surface area contributed by atoms with Gasteiger partial charge in [-0.2, -0.15) is 0 Å². The fourth-order valence-corrected chi connectivity index (χ4v) is 2.44. The molecule has 0 bridgehead atoms. The van der Waals surface area contributed by atoms with E-state index in [1.54, 1.807) is 11.8 Å². The van der Waals surface area contributed by atoms with E-state index in [4.69, 9.17) is 10.8 Å². The van der Waals surface area contributed by atoms with Crippen LogP contribution in [0.3, 0.4) is 0 Å². The Kier molecular flexibility index (Phi) is 3.14. The summed E-state index contributed by atoms with van der Waals surface area (Å²) in [4.78, 5) is 1.07. The normalized spacial score (nSPS) is 10.7. The van der Waals surface area contributed by atoms with E-state index in [0.717, 1.165) is 16.0 Å². The molecule has 78 valence electrons. The summed E-state index contributed by atoms with van der Waals surface area (Å²) in [7, 11) is 0. The van der Waals surface area contributed by atoms with Gasteiger partial charge in [-0.05, 0) is 16.8 Å². The number of hydrogen-bond acceptors (Lipinski definition) is 3. The molecule has 0 aliphatic heterocycles. The van der Waals surface area contributed by atoms with E-state index in [-0.39, 0.29) is 6.61 Å². The highest BCUT2D eigenvalue weighted by molar-refractivity contribution is 7.99. The van der Waals surface area contributed by atoms with Crippen LogP contribution in [-0.4, -0.2) is 17.5 Å². The molecule has 0 saturated carbocycles. The predicted octanol–water partition coefficient (Wildman–Crippen LogP) is 2.51. The molecule has 0 aliphatic rings. The minimum atomic E-state index is 0.174. The van der Waals surface area contributed by atoms with Gasteiger partial charge in [-0.25, -0.2) is 0 Å². The SMILES string of the molecule is Nc1ccc2ccccc2c1SCCO. The van der Waals surface area contributed by atoms with Crippen LogP contribution in [0.2, 0.25) is 0 Å². The van der Waals surface area contributed by atoms with Gasteiger partial charge in [0, 0.05) is 16.3 Å². The van der Waals surface area contributed by atoms with Gasteiger partial charge in [0.15, 0.2) is 0 Å². The van der Waals surface area contributed by atoms with Crippen LogP contribution in [-0.2, 0) is 0 Å². The van der Waals surface area contributed by atoms with E-state index in [1.165, 1.54) is 5.39 Å². The van der Waals surface area contributed by atoms with Gasteiger partial charge >= 0.3 is 0 Å². The molecule has 0 unspecified atom stereocenters. The molecule has 2 rings (SSSR count). The molecule has 0 atom stereocenters. The molecule has 2 aromatic carbocycles. The Morgan fingerprint density at radius 1 is 1.13 bits per heavy atom.